The first kappa shape index (κ1) is 22.6. The number of fused-ring (bicyclic) bond motifs is 1. The maximum atomic E-state index is 12.6. The van der Waals surface area contributed by atoms with E-state index in [4.69, 9.17) is 0 Å². The Kier molecular flexibility index (Phi) is 6.98. The number of carbonyl (C=O) groups is 3. The molecule has 0 bridgehead atoms. The molecule has 1 aromatic rings. The first-order chi connectivity index (χ1) is 15.4. The average molecular weight is 443 g/mol. The van der Waals surface area contributed by atoms with Crippen molar-refractivity contribution in [2.24, 2.45) is 5.92 Å². The number of imide groups is 1. The first-order valence-electron chi connectivity index (χ1n) is 12.1. The van der Waals surface area contributed by atoms with Crippen molar-refractivity contribution in [3.8, 4) is 0 Å². The van der Waals surface area contributed by atoms with Gasteiger partial charge < -0.3 is 20.0 Å². The smallest absolute Gasteiger partial charge is 0.327 e. The summed E-state index contributed by atoms with van der Waals surface area (Å²) in [5, 5.41) is 2.98. The van der Waals surface area contributed by atoms with Gasteiger partial charge in [-0.05, 0) is 37.5 Å². The van der Waals surface area contributed by atoms with E-state index in [2.05, 4.69) is 16.3 Å². The SMILES string of the molecule is CC(C)C(=O)Nc1cccc(N2CC[NH+](CCCN3C(=O)[C@H]4CCCCN4C3=O)CC2)c1. The third-order valence-electron chi connectivity index (χ3n) is 6.92. The quantitative estimate of drug-likeness (QED) is 0.622. The number of carbonyl (C=O) groups excluding carboxylic acids is 3. The molecule has 1 atom stereocenters. The highest BCUT2D eigenvalue weighted by atomic mass is 16.2. The van der Waals surface area contributed by atoms with Crippen molar-refractivity contribution in [1.82, 2.24) is 9.80 Å². The fraction of sp³-hybridized carbons (Fsp3) is 0.625. The molecular weight excluding hydrogens is 406 g/mol. The molecule has 3 aliphatic rings. The second-order valence-corrected chi connectivity index (χ2v) is 9.51. The summed E-state index contributed by atoms with van der Waals surface area (Å²) in [6.07, 6.45) is 3.71. The molecule has 3 fully saturated rings. The number of anilines is 2. The van der Waals surface area contributed by atoms with Crippen molar-refractivity contribution in [3.63, 3.8) is 0 Å². The van der Waals surface area contributed by atoms with Crippen LogP contribution in [0.4, 0.5) is 16.2 Å². The summed E-state index contributed by atoms with van der Waals surface area (Å²) in [7, 11) is 0. The molecule has 1 aromatic carbocycles. The minimum absolute atomic E-state index is 0.0129. The fourth-order valence-corrected chi connectivity index (χ4v) is 4.94. The molecule has 4 amide bonds. The van der Waals surface area contributed by atoms with Crippen LogP contribution in [0.1, 0.15) is 39.5 Å². The van der Waals surface area contributed by atoms with Crippen molar-refractivity contribution >= 4 is 29.2 Å². The van der Waals surface area contributed by atoms with Crippen LogP contribution in [-0.2, 0) is 9.59 Å². The molecule has 8 heteroatoms. The van der Waals surface area contributed by atoms with Crippen molar-refractivity contribution in [3.05, 3.63) is 24.3 Å². The third kappa shape index (κ3) is 4.90. The lowest BCUT2D eigenvalue weighted by atomic mass is 10.0. The van der Waals surface area contributed by atoms with Crippen LogP contribution in [0, 0.1) is 5.92 Å². The minimum atomic E-state index is -0.201. The summed E-state index contributed by atoms with van der Waals surface area (Å²) in [6, 6.07) is 7.78. The minimum Gasteiger partial charge on any atom is -0.360 e. The Balaban J connectivity index is 1.22. The van der Waals surface area contributed by atoms with Gasteiger partial charge in [0, 0.05) is 36.8 Å². The van der Waals surface area contributed by atoms with Crippen LogP contribution in [0.25, 0.3) is 0 Å². The molecule has 0 spiro atoms. The lowest BCUT2D eigenvalue weighted by Gasteiger charge is -2.34. The second kappa shape index (κ2) is 9.90. The first-order valence-corrected chi connectivity index (χ1v) is 12.1. The van der Waals surface area contributed by atoms with Crippen molar-refractivity contribution in [1.29, 1.82) is 0 Å². The molecule has 32 heavy (non-hydrogen) atoms. The molecule has 3 aliphatic heterocycles. The number of nitrogens with zero attached hydrogens (tertiary/aromatic N) is 3. The lowest BCUT2D eigenvalue weighted by molar-refractivity contribution is -0.900. The van der Waals surface area contributed by atoms with Crippen LogP contribution < -0.4 is 15.1 Å². The zero-order chi connectivity index (χ0) is 22.7. The predicted molar refractivity (Wildman–Crippen MR) is 124 cm³/mol. The van der Waals surface area contributed by atoms with Gasteiger partial charge in [-0.1, -0.05) is 19.9 Å². The van der Waals surface area contributed by atoms with Crippen molar-refractivity contribution < 1.29 is 19.3 Å². The molecule has 0 saturated carbocycles. The van der Waals surface area contributed by atoms with Crippen LogP contribution >= 0.6 is 0 Å². The number of nitrogens with one attached hydrogen (secondary N) is 2. The number of hydrogen-bond donors (Lipinski definition) is 2. The molecule has 0 radical (unpaired) electrons. The summed E-state index contributed by atoms with van der Waals surface area (Å²) in [6.45, 7) is 9.97. The Morgan fingerprint density at radius 3 is 2.66 bits per heavy atom. The molecule has 3 saturated heterocycles. The molecule has 174 valence electrons. The van der Waals surface area contributed by atoms with E-state index in [1.54, 1.807) is 4.90 Å². The van der Waals surface area contributed by atoms with E-state index < -0.39 is 0 Å². The van der Waals surface area contributed by atoms with Gasteiger partial charge in [-0.2, -0.15) is 0 Å². The van der Waals surface area contributed by atoms with Crippen LogP contribution in [0.15, 0.2) is 24.3 Å². The van der Waals surface area contributed by atoms with Gasteiger partial charge in [0.2, 0.25) is 5.91 Å². The van der Waals surface area contributed by atoms with Crippen molar-refractivity contribution in [2.45, 2.75) is 45.6 Å². The maximum absolute atomic E-state index is 12.6. The summed E-state index contributed by atoms with van der Waals surface area (Å²) in [5.74, 6) is -0.000393. The molecule has 0 aromatic heterocycles. The number of hydrogen-bond acceptors (Lipinski definition) is 4. The van der Waals surface area contributed by atoms with E-state index in [-0.39, 0.29) is 29.8 Å². The monoisotopic (exact) mass is 442 g/mol. The Hall–Kier alpha value is -2.61. The highest BCUT2D eigenvalue weighted by Gasteiger charge is 2.45. The van der Waals surface area contributed by atoms with Crippen LogP contribution in [0.3, 0.4) is 0 Å². The molecule has 2 N–H and O–H groups in total. The second-order valence-electron chi connectivity index (χ2n) is 9.51. The van der Waals surface area contributed by atoms with Gasteiger partial charge in [0.15, 0.2) is 0 Å². The third-order valence-corrected chi connectivity index (χ3v) is 6.92. The van der Waals surface area contributed by atoms with Gasteiger partial charge >= 0.3 is 6.03 Å². The zero-order valence-corrected chi connectivity index (χ0v) is 19.3. The largest absolute Gasteiger partial charge is 0.360 e. The van der Waals surface area contributed by atoms with Crippen LogP contribution in [0.2, 0.25) is 0 Å². The van der Waals surface area contributed by atoms with E-state index in [9.17, 15) is 14.4 Å². The zero-order valence-electron chi connectivity index (χ0n) is 19.3. The van der Waals surface area contributed by atoms with E-state index >= 15 is 0 Å². The van der Waals surface area contributed by atoms with Crippen LogP contribution in [-0.4, -0.2) is 79.5 Å². The molecule has 8 nitrogen and oxygen atoms in total. The predicted octanol–water partition coefficient (Wildman–Crippen LogP) is 1.19. The standard InChI is InChI=1S/C24H35N5O3/c1-18(2)22(30)25-19-7-5-8-20(17-19)27-15-13-26(14-16-27)10-6-12-29-23(31)21-9-3-4-11-28(21)24(29)32/h5,7-8,17-18,21H,3-4,6,9-16H2,1-2H3,(H,25,30)/p+1/t21-/m1/s1. The summed E-state index contributed by atoms with van der Waals surface area (Å²) in [4.78, 5) is 44.3. The average Bonchev–Trinajstić information content (AvgIpc) is 3.05. The molecule has 0 unspecified atom stereocenters. The highest BCUT2D eigenvalue weighted by molar-refractivity contribution is 6.04. The molecule has 0 aliphatic carbocycles. The number of quaternary nitrogens is 1. The number of amides is 4. The Labute approximate surface area is 190 Å². The van der Waals surface area contributed by atoms with E-state index in [0.717, 1.165) is 76.3 Å². The topological polar surface area (TPSA) is 77.4 Å². The maximum Gasteiger partial charge on any atom is 0.327 e. The number of urea groups is 1. The van der Waals surface area contributed by atoms with Gasteiger partial charge in [0.1, 0.15) is 6.04 Å². The Bertz CT molecular complexity index is 826. The number of rotatable bonds is 7. The Morgan fingerprint density at radius 1 is 1.16 bits per heavy atom. The molecular formula is C24H36N5O3+. The molecule has 4 rings (SSSR count). The highest BCUT2D eigenvalue weighted by Crippen LogP contribution is 2.26. The number of benzene rings is 1. The molecule has 3 heterocycles. The van der Waals surface area contributed by atoms with Gasteiger partial charge in [-0.25, -0.2) is 4.79 Å². The summed E-state index contributed by atoms with van der Waals surface area (Å²) >= 11 is 0. The van der Waals surface area contributed by atoms with Gasteiger partial charge in [-0.15, -0.1) is 0 Å². The summed E-state index contributed by atoms with van der Waals surface area (Å²) < 4.78 is 0. The van der Waals surface area contributed by atoms with Gasteiger partial charge in [0.05, 0.1) is 32.7 Å². The van der Waals surface area contributed by atoms with Gasteiger partial charge in [0.25, 0.3) is 5.91 Å². The van der Waals surface area contributed by atoms with E-state index in [1.165, 1.54) is 9.80 Å². The number of piperazine rings is 1. The van der Waals surface area contributed by atoms with Crippen LogP contribution in [0.5, 0.6) is 0 Å². The van der Waals surface area contributed by atoms with Crippen molar-refractivity contribution in [2.75, 3.05) is 56.0 Å². The normalized spacial score (nSPS) is 22.0. The Morgan fingerprint density at radius 2 is 1.94 bits per heavy atom. The van der Waals surface area contributed by atoms with E-state index in [0.29, 0.717) is 6.54 Å². The number of piperidine rings is 1. The van der Waals surface area contributed by atoms with E-state index in [1.807, 2.05) is 32.0 Å². The van der Waals surface area contributed by atoms with Gasteiger partial charge in [-0.3, -0.25) is 14.5 Å². The summed E-state index contributed by atoms with van der Waals surface area (Å²) in [5.41, 5.74) is 1.97. The lowest BCUT2D eigenvalue weighted by Crippen LogP contribution is -3.15. The fourth-order valence-electron chi connectivity index (χ4n) is 4.94.